The third-order valence-electron chi connectivity index (χ3n) is 2.96. The van der Waals surface area contributed by atoms with Gasteiger partial charge >= 0.3 is 0 Å². The fourth-order valence-corrected chi connectivity index (χ4v) is 2.82. The van der Waals surface area contributed by atoms with Gasteiger partial charge in [0.2, 0.25) is 10.0 Å². The first-order chi connectivity index (χ1) is 8.24. The van der Waals surface area contributed by atoms with E-state index in [0.717, 1.165) is 6.07 Å². The zero-order chi connectivity index (χ0) is 14.0. The lowest BCUT2D eigenvalue weighted by molar-refractivity contribution is 0.191. The van der Waals surface area contributed by atoms with Crippen LogP contribution in [0.25, 0.3) is 0 Å². The number of sulfonamides is 1. The van der Waals surface area contributed by atoms with Crippen LogP contribution in [-0.4, -0.2) is 25.7 Å². The Labute approximate surface area is 107 Å². The van der Waals surface area contributed by atoms with E-state index in [0.29, 0.717) is 12.0 Å². The molecule has 6 heteroatoms. The van der Waals surface area contributed by atoms with E-state index >= 15 is 0 Å². The number of nitrogens with one attached hydrogen (secondary N) is 1. The molecule has 4 nitrogen and oxygen atoms in total. The third kappa shape index (κ3) is 3.28. The Balaban J connectivity index is 3.10. The lowest BCUT2D eigenvalue weighted by Crippen LogP contribution is -2.48. The summed E-state index contributed by atoms with van der Waals surface area (Å²) in [6.07, 6.45) is 0.428. The maximum Gasteiger partial charge on any atom is 0.241 e. The molecule has 1 aromatic rings. The maximum absolute atomic E-state index is 13.4. The van der Waals surface area contributed by atoms with E-state index in [-0.39, 0.29) is 11.5 Å². The second-order valence-electron chi connectivity index (χ2n) is 4.59. The smallest absolute Gasteiger partial charge is 0.241 e. The van der Waals surface area contributed by atoms with Crippen LogP contribution < -0.4 is 4.72 Å². The molecule has 1 aromatic carbocycles. The van der Waals surface area contributed by atoms with Gasteiger partial charge in [-0.1, -0.05) is 13.0 Å². The Morgan fingerprint density at radius 3 is 2.50 bits per heavy atom. The number of halogens is 1. The standard InChI is InChI=1S/C12H18FNO3S/c1-4-12(3,8-15)14-18(16,17)10-6-5-9(2)11(13)7-10/h5-7,14-15H,4,8H2,1-3H3. The summed E-state index contributed by atoms with van der Waals surface area (Å²) in [7, 11) is -3.83. The molecule has 0 fully saturated rings. The van der Waals surface area contributed by atoms with Gasteiger partial charge in [-0.3, -0.25) is 0 Å². The van der Waals surface area contributed by atoms with E-state index in [1.54, 1.807) is 20.8 Å². The topological polar surface area (TPSA) is 66.4 Å². The number of aryl methyl sites for hydroxylation is 1. The molecule has 0 saturated heterocycles. The van der Waals surface area contributed by atoms with Gasteiger partial charge in [-0.15, -0.1) is 0 Å². The van der Waals surface area contributed by atoms with Crippen LogP contribution in [0.3, 0.4) is 0 Å². The fourth-order valence-electron chi connectivity index (χ4n) is 1.34. The Morgan fingerprint density at radius 1 is 1.44 bits per heavy atom. The highest BCUT2D eigenvalue weighted by molar-refractivity contribution is 7.89. The molecule has 0 radical (unpaired) electrons. The van der Waals surface area contributed by atoms with Crippen molar-refractivity contribution in [3.05, 3.63) is 29.6 Å². The molecule has 0 bridgehead atoms. The van der Waals surface area contributed by atoms with Crippen molar-refractivity contribution >= 4 is 10.0 Å². The van der Waals surface area contributed by atoms with Crippen molar-refractivity contribution in [1.29, 1.82) is 0 Å². The number of hydrogen-bond acceptors (Lipinski definition) is 3. The van der Waals surface area contributed by atoms with E-state index < -0.39 is 21.4 Å². The quantitative estimate of drug-likeness (QED) is 0.857. The second kappa shape index (κ2) is 5.34. The Hall–Kier alpha value is -0.980. The molecule has 102 valence electrons. The van der Waals surface area contributed by atoms with Gasteiger partial charge in [0, 0.05) is 0 Å². The average Bonchev–Trinajstić information content (AvgIpc) is 2.32. The van der Waals surface area contributed by atoms with E-state index in [4.69, 9.17) is 0 Å². The van der Waals surface area contributed by atoms with E-state index in [9.17, 15) is 17.9 Å². The predicted molar refractivity (Wildman–Crippen MR) is 67.2 cm³/mol. The number of hydrogen-bond donors (Lipinski definition) is 2. The highest BCUT2D eigenvalue weighted by atomic mass is 32.2. The third-order valence-corrected chi connectivity index (χ3v) is 4.60. The number of aliphatic hydroxyl groups excluding tert-OH is 1. The summed E-state index contributed by atoms with van der Waals surface area (Å²) in [5.74, 6) is -0.569. The summed E-state index contributed by atoms with van der Waals surface area (Å²) in [4.78, 5) is -0.140. The zero-order valence-electron chi connectivity index (χ0n) is 10.7. The monoisotopic (exact) mass is 275 g/mol. The summed E-state index contributed by atoms with van der Waals surface area (Å²) in [5.41, 5.74) is -0.561. The van der Waals surface area contributed by atoms with Gasteiger partial charge in [-0.25, -0.2) is 17.5 Å². The zero-order valence-corrected chi connectivity index (χ0v) is 11.5. The molecular formula is C12H18FNO3S. The van der Waals surface area contributed by atoms with Crippen LogP contribution in [0.2, 0.25) is 0 Å². The molecule has 2 N–H and O–H groups in total. The Morgan fingerprint density at radius 2 is 2.06 bits per heavy atom. The number of aliphatic hydroxyl groups is 1. The highest BCUT2D eigenvalue weighted by Crippen LogP contribution is 2.18. The van der Waals surface area contributed by atoms with Gasteiger partial charge in [0.1, 0.15) is 5.82 Å². The van der Waals surface area contributed by atoms with E-state index in [1.165, 1.54) is 12.1 Å². The van der Waals surface area contributed by atoms with Gasteiger partial charge in [-0.05, 0) is 38.0 Å². The molecule has 0 amide bonds. The summed E-state index contributed by atoms with van der Waals surface area (Å²) in [6.45, 7) is 4.59. The summed E-state index contributed by atoms with van der Waals surface area (Å²) in [6, 6.07) is 3.73. The second-order valence-corrected chi connectivity index (χ2v) is 6.27. The largest absolute Gasteiger partial charge is 0.394 e. The molecule has 0 aliphatic heterocycles. The molecule has 1 rings (SSSR count). The van der Waals surface area contributed by atoms with Crippen LogP contribution in [0, 0.1) is 12.7 Å². The van der Waals surface area contributed by atoms with Crippen molar-refractivity contribution in [2.24, 2.45) is 0 Å². The molecular weight excluding hydrogens is 257 g/mol. The molecule has 0 heterocycles. The van der Waals surface area contributed by atoms with Gasteiger partial charge in [-0.2, -0.15) is 0 Å². The lowest BCUT2D eigenvalue weighted by atomic mass is 10.0. The fraction of sp³-hybridized carbons (Fsp3) is 0.500. The van der Waals surface area contributed by atoms with Crippen LogP contribution in [-0.2, 0) is 10.0 Å². The molecule has 18 heavy (non-hydrogen) atoms. The molecule has 0 saturated carbocycles. The highest BCUT2D eigenvalue weighted by Gasteiger charge is 2.28. The van der Waals surface area contributed by atoms with Gasteiger partial charge in [0.05, 0.1) is 17.0 Å². The molecule has 1 unspecified atom stereocenters. The summed E-state index contributed by atoms with van der Waals surface area (Å²) in [5, 5.41) is 9.19. The van der Waals surface area contributed by atoms with Gasteiger partial charge < -0.3 is 5.11 Å². The van der Waals surface area contributed by atoms with Crippen molar-refractivity contribution in [2.75, 3.05) is 6.61 Å². The molecule has 0 aromatic heterocycles. The van der Waals surface area contributed by atoms with Crippen LogP contribution in [0.4, 0.5) is 4.39 Å². The Kier molecular flexibility index (Phi) is 4.47. The number of rotatable bonds is 5. The van der Waals surface area contributed by atoms with Crippen molar-refractivity contribution in [2.45, 2.75) is 37.6 Å². The summed E-state index contributed by atoms with van der Waals surface area (Å²) < 4.78 is 39.8. The summed E-state index contributed by atoms with van der Waals surface area (Å²) >= 11 is 0. The minimum atomic E-state index is -3.83. The SMILES string of the molecule is CCC(C)(CO)NS(=O)(=O)c1ccc(C)c(F)c1. The van der Waals surface area contributed by atoms with Gasteiger partial charge in [0.25, 0.3) is 0 Å². The van der Waals surface area contributed by atoms with Crippen LogP contribution in [0.15, 0.2) is 23.1 Å². The van der Waals surface area contributed by atoms with Crippen LogP contribution >= 0.6 is 0 Å². The lowest BCUT2D eigenvalue weighted by Gasteiger charge is -2.26. The normalized spacial score (nSPS) is 15.4. The minimum absolute atomic E-state index is 0.140. The van der Waals surface area contributed by atoms with E-state index in [1.807, 2.05) is 0 Å². The van der Waals surface area contributed by atoms with Crippen molar-refractivity contribution in [3.8, 4) is 0 Å². The first-order valence-corrected chi connectivity index (χ1v) is 7.13. The number of benzene rings is 1. The van der Waals surface area contributed by atoms with Crippen LogP contribution in [0.5, 0.6) is 0 Å². The Bertz CT molecular complexity index is 524. The molecule has 0 aliphatic rings. The van der Waals surface area contributed by atoms with Crippen molar-refractivity contribution in [1.82, 2.24) is 4.72 Å². The average molecular weight is 275 g/mol. The van der Waals surface area contributed by atoms with E-state index in [2.05, 4.69) is 4.72 Å². The van der Waals surface area contributed by atoms with Crippen LogP contribution in [0.1, 0.15) is 25.8 Å². The first kappa shape index (κ1) is 15.1. The molecule has 0 spiro atoms. The molecule has 1 atom stereocenters. The first-order valence-electron chi connectivity index (χ1n) is 5.65. The van der Waals surface area contributed by atoms with Crippen molar-refractivity contribution < 1.29 is 17.9 Å². The van der Waals surface area contributed by atoms with Gasteiger partial charge in [0.15, 0.2) is 0 Å². The maximum atomic E-state index is 13.4. The molecule has 0 aliphatic carbocycles. The minimum Gasteiger partial charge on any atom is -0.394 e. The predicted octanol–water partition coefficient (Wildman–Crippen LogP) is 1.57. The van der Waals surface area contributed by atoms with Crippen molar-refractivity contribution in [3.63, 3.8) is 0 Å².